The molecule has 0 bridgehead atoms. The SMILES string of the molecule is CCCCCCC(C)NC(=O)N1CCN(Cc2nc3ccccc3c(=O)[nH]2)CC1. The summed E-state index contributed by atoms with van der Waals surface area (Å²) in [5.74, 6) is 0.673. The second-order valence-electron chi connectivity index (χ2n) is 7.99. The third-order valence-corrected chi connectivity index (χ3v) is 5.56. The molecule has 7 heteroatoms. The second kappa shape index (κ2) is 10.4. The number of urea groups is 1. The summed E-state index contributed by atoms with van der Waals surface area (Å²) in [4.78, 5) is 36.3. The first-order chi connectivity index (χ1) is 14.1. The summed E-state index contributed by atoms with van der Waals surface area (Å²) in [6.45, 7) is 7.80. The zero-order valence-electron chi connectivity index (χ0n) is 17.6. The molecule has 1 saturated heterocycles. The molecule has 7 nitrogen and oxygen atoms in total. The highest BCUT2D eigenvalue weighted by Gasteiger charge is 2.22. The summed E-state index contributed by atoms with van der Waals surface area (Å²) in [6.07, 6.45) is 5.93. The summed E-state index contributed by atoms with van der Waals surface area (Å²) in [6, 6.07) is 7.62. The van der Waals surface area contributed by atoms with Gasteiger partial charge in [0.05, 0.1) is 17.4 Å². The van der Waals surface area contributed by atoms with Gasteiger partial charge in [0.15, 0.2) is 0 Å². The number of benzene rings is 1. The average Bonchev–Trinajstić information content (AvgIpc) is 2.72. The highest BCUT2D eigenvalue weighted by molar-refractivity contribution is 5.77. The lowest BCUT2D eigenvalue weighted by atomic mass is 10.1. The molecule has 0 aliphatic carbocycles. The van der Waals surface area contributed by atoms with Gasteiger partial charge in [0.2, 0.25) is 0 Å². The normalized spacial score (nSPS) is 16.1. The molecule has 1 aliphatic rings. The minimum atomic E-state index is -0.100. The number of carbonyl (C=O) groups is 1. The van der Waals surface area contributed by atoms with Gasteiger partial charge in [-0.25, -0.2) is 9.78 Å². The van der Waals surface area contributed by atoms with Crippen molar-refractivity contribution >= 4 is 16.9 Å². The fraction of sp³-hybridized carbons (Fsp3) is 0.591. The van der Waals surface area contributed by atoms with Crippen molar-refractivity contribution in [2.24, 2.45) is 0 Å². The topological polar surface area (TPSA) is 81.3 Å². The van der Waals surface area contributed by atoms with Gasteiger partial charge in [-0.1, -0.05) is 44.7 Å². The molecular weight excluding hydrogens is 366 g/mol. The molecule has 2 heterocycles. The van der Waals surface area contributed by atoms with Crippen LogP contribution in [-0.4, -0.2) is 58.0 Å². The number of piperazine rings is 1. The van der Waals surface area contributed by atoms with Gasteiger partial charge in [0, 0.05) is 32.2 Å². The Kier molecular flexibility index (Phi) is 7.63. The van der Waals surface area contributed by atoms with Crippen LogP contribution in [0.4, 0.5) is 4.79 Å². The highest BCUT2D eigenvalue weighted by atomic mass is 16.2. The van der Waals surface area contributed by atoms with Gasteiger partial charge in [-0.3, -0.25) is 9.69 Å². The summed E-state index contributed by atoms with van der Waals surface area (Å²) >= 11 is 0. The maximum absolute atomic E-state index is 12.5. The molecule has 0 spiro atoms. The van der Waals surface area contributed by atoms with Gasteiger partial charge in [-0.05, 0) is 25.5 Å². The zero-order chi connectivity index (χ0) is 20.6. The smallest absolute Gasteiger partial charge is 0.317 e. The number of H-pyrrole nitrogens is 1. The van der Waals surface area contributed by atoms with Crippen molar-refractivity contribution in [1.29, 1.82) is 0 Å². The molecule has 29 heavy (non-hydrogen) atoms. The Morgan fingerprint density at radius 2 is 1.93 bits per heavy atom. The van der Waals surface area contributed by atoms with Crippen LogP contribution in [0.25, 0.3) is 10.9 Å². The number of para-hydroxylation sites is 1. The molecular formula is C22H33N5O2. The fourth-order valence-electron chi connectivity index (χ4n) is 3.78. The molecule has 1 atom stereocenters. The Labute approximate surface area is 172 Å². The number of carbonyl (C=O) groups excluding carboxylic acids is 1. The molecule has 1 aromatic heterocycles. The molecule has 2 aromatic rings. The third-order valence-electron chi connectivity index (χ3n) is 5.56. The van der Waals surface area contributed by atoms with Crippen LogP contribution in [0.2, 0.25) is 0 Å². The van der Waals surface area contributed by atoms with E-state index in [4.69, 9.17) is 0 Å². The predicted molar refractivity (Wildman–Crippen MR) is 116 cm³/mol. The Balaban J connectivity index is 1.45. The second-order valence-corrected chi connectivity index (χ2v) is 7.99. The van der Waals surface area contributed by atoms with Crippen LogP contribution < -0.4 is 10.9 Å². The van der Waals surface area contributed by atoms with Crippen LogP contribution >= 0.6 is 0 Å². The number of nitrogens with one attached hydrogen (secondary N) is 2. The number of rotatable bonds is 8. The quantitative estimate of drug-likeness (QED) is 0.669. The van der Waals surface area contributed by atoms with E-state index in [1.54, 1.807) is 6.07 Å². The number of nitrogens with zero attached hydrogens (tertiary/aromatic N) is 3. The van der Waals surface area contributed by atoms with E-state index >= 15 is 0 Å². The summed E-state index contributed by atoms with van der Waals surface area (Å²) in [5, 5.41) is 3.74. The standard InChI is InChI=1S/C22H33N5O2/c1-3-4-5-6-9-17(2)23-22(29)27-14-12-26(13-15-27)16-20-24-19-11-8-7-10-18(19)21(28)25-20/h7-8,10-11,17H,3-6,9,12-16H2,1-2H3,(H,23,29)(H,24,25,28). The predicted octanol–water partition coefficient (Wildman–Crippen LogP) is 3.11. The largest absolute Gasteiger partial charge is 0.336 e. The van der Waals surface area contributed by atoms with Crippen LogP contribution in [0.1, 0.15) is 51.8 Å². The Hall–Kier alpha value is -2.41. The molecule has 1 aromatic carbocycles. The fourth-order valence-corrected chi connectivity index (χ4v) is 3.78. The summed E-state index contributed by atoms with van der Waals surface area (Å²) in [5.41, 5.74) is 0.619. The molecule has 1 aliphatic heterocycles. The van der Waals surface area contributed by atoms with Gasteiger partial charge >= 0.3 is 6.03 Å². The van der Waals surface area contributed by atoms with Crippen molar-refractivity contribution in [2.45, 2.75) is 58.5 Å². The number of aromatic amines is 1. The maximum atomic E-state index is 12.5. The van der Waals surface area contributed by atoms with E-state index in [1.807, 2.05) is 23.1 Å². The molecule has 2 amide bonds. The van der Waals surface area contributed by atoms with Crippen molar-refractivity contribution in [2.75, 3.05) is 26.2 Å². The van der Waals surface area contributed by atoms with Gasteiger partial charge in [-0.15, -0.1) is 0 Å². The Bertz CT molecular complexity index is 858. The van der Waals surface area contributed by atoms with Crippen molar-refractivity contribution in [3.8, 4) is 0 Å². The van der Waals surface area contributed by atoms with E-state index in [1.165, 1.54) is 25.7 Å². The van der Waals surface area contributed by atoms with E-state index in [9.17, 15) is 9.59 Å². The van der Waals surface area contributed by atoms with Crippen LogP contribution in [0.15, 0.2) is 29.1 Å². The number of aromatic nitrogens is 2. The first-order valence-corrected chi connectivity index (χ1v) is 10.8. The van der Waals surface area contributed by atoms with E-state index in [-0.39, 0.29) is 17.6 Å². The van der Waals surface area contributed by atoms with Crippen molar-refractivity contribution in [3.63, 3.8) is 0 Å². The minimum absolute atomic E-state index is 0.0323. The first kappa shape index (κ1) is 21.3. The van der Waals surface area contributed by atoms with Crippen LogP contribution in [-0.2, 0) is 6.54 Å². The minimum Gasteiger partial charge on any atom is -0.336 e. The van der Waals surface area contributed by atoms with Gasteiger partial charge in [0.25, 0.3) is 5.56 Å². The lowest BCUT2D eigenvalue weighted by Crippen LogP contribution is -2.53. The van der Waals surface area contributed by atoms with Crippen molar-refractivity contribution in [1.82, 2.24) is 25.1 Å². The summed E-state index contributed by atoms with van der Waals surface area (Å²) in [7, 11) is 0. The van der Waals surface area contributed by atoms with Crippen LogP contribution in [0.5, 0.6) is 0 Å². The van der Waals surface area contributed by atoms with Crippen molar-refractivity contribution in [3.05, 3.63) is 40.4 Å². The van der Waals surface area contributed by atoms with E-state index in [0.717, 1.165) is 25.0 Å². The molecule has 0 saturated carbocycles. The average molecular weight is 400 g/mol. The van der Waals surface area contributed by atoms with Gasteiger partial charge in [0.1, 0.15) is 5.82 Å². The lowest BCUT2D eigenvalue weighted by Gasteiger charge is -2.35. The summed E-state index contributed by atoms with van der Waals surface area (Å²) < 4.78 is 0. The van der Waals surface area contributed by atoms with Crippen LogP contribution in [0, 0.1) is 0 Å². The Morgan fingerprint density at radius 1 is 1.17 bits per heavy atom. The van der Waals surface area contributed by atoms with E-state index < -0.39 is 0 Å². The van der Waals surface area contributed by atoms with Gasteiger partial charge in [-0.2, -0.15) is 0 Å². The lowest BCUT2D eigenvalue weighted by molar-refractivity contribution is 0.131. The number of hydrogen-bond donors (Lipinski definition) is 2. The monoisotopic (exact) mass is 399 g/mol. The van der Waals surface area contributed by atoms with Gasteiger partial charge < -0.3 is 15.2 Å². The van der Waals surface area contributed by atoms with E-state index in [0.29, 0.717) is 30.8 Å². The third kappa shape index (κ3) is 6.03. The molecule has 3 rings (SSSR count). The highest BCUT2D eigenvalue weighted by Crippen LogP contribution is 2.10. The number of hydrogen-bond acceptors (Lipinski definition) is 4. The molecule has 158 valence electrons. The number of unbranched alkanes of at least 4 members (excludes halogenated alkanes) is 3. The Morgan fingerprint density at radius 3 is 2.69 bits per heavy atom. The number of amides is 2. The molecule has 0 radical (unpaired) electrons. The first-order valence-electron chi connectivity index (χ1n) is 10.8. The molecule has 1 unspecified atom stereocenters. The molecule has 2 N–H and O–H groups in total. The van der Waals surface area contributed by atoms with E-state index in [2.05, 4.69) is 34.0 Å². The number of fused-ring (bicyclic) bond motifs is 1. The van der Waals surface area contributed by atoms with Crippen molar-refractivity contribution < 1.29 is 4.79 Å². The zero-order valence-corrected chi connectivity index (χ0v) is 17.6. The molecule has 1 fully saturated rings. The van der Waals surface area contributed by atoms with Crippen LogP contribution in [0.3, 0.4) is 0 Å². The maximum Gasteiger partial charge on any atom is 0.317 e.